The molecule has 3 rings (SSSR count). The fourth-order valence-electron chi connectivity index (χ4n) is 3.07. The SMILES string of the molecule is C1[SiH2][SiH2][SiH2][SiH2]1.[SiH2]1[SiH2][SiH2][SiH2][SiH2][SiH2]1.[SiH3][SiH]1C[SiH2][SiH2][SiH2]1. The molecule has 0 bridgehead atoms. The summed E-state index contributed by atoms with van der Waals surface area (Å²) in [5.74, 6) is 0. The van der Waals surface area contributed by atoms with Gasteiger partial charge in [0.05, 0.1) is 0 Å². The van der Waals surface area contributed by atoms with E-state index >= 15 is 0 Å². The Morgan fingerprint density at radius 1 is 0.647 bits per heavy atom. The van der Waals surface area contributed by atoms with Gasteiger partial charge in [-0.05, 0) is 95.3 Å². The highest BCUT2D eigenvalue weighted by Crippen LogP contribution is 1.88. The summed E-state index contributed by atoms with van der Waals surface area (Å²) in [5.41, 5.74) is 3.85. The molecule has 3 aliphatic heterocycles. The molecule has 0 aromatic carbocycles. The predicted molar refractivity (Wildman–Crippen MR) is 138 cm³/mol. The van der Waals surface area contributed by atoms with Crippen molar-refractivity contribution in [3.05, 3.63) is 0 Å². The minimum atomic E-state index is 0.352. The van der Waals surface area contributed by atoms with Crippen LogP contribution in [-0.2, 0) is 0 Å². The first-order valence-electron chi connectivity index (χ1n) is 8.39. The van der Waals surface area contributed by atoms with Gasteiger partial charge in [-0.2, -0.15) is 0 Å². The van der Waals surface area contributed by atoms with Gasteiger partial charge in [0.15, 0.2) is 0 Å². The van der Waals surface area contributed by atoms with Crippen LogP contribution in [0.5, 0.6) is 0 Å². The minimum Gasteiger partial charge on any atom is -0.0771 e. The molecule has 1 unspecified atom stereocenters. The zero-order valence-corrected chi connectivity index (χ0v) is 33.7. The molecule has 0 spiro atoms. The van der Waals surface area contributed by atoms with Crippen molar-refractivity contribution in [2.24, 2.45) is 0 Å². The average molecular weight is 480 g/mol. The van der Waals surface area contributed by atoms with Crippen LogP contribution in [0.4, 0.5) is 0 Å². The second kappa shape index (κ2) is 14.2. The quantitative estimate of drug-likeness (QED) is 0.303. The van der Waals surface area contributed by atoms with Gasteiger partial charge in [-0.15, -0.1) is 0 Å². The lowest BCUT2D eigenvalue weighted by atomic mass is 11.9. The van der Waals surface area contributed by atoms with Crippen LogP contribution < -0.4 is 0 Å². The van der Waals surface area contributed by atoms with Gasteiger partial charge in [0, 0.05) is 34.9 Å². The third kappa shape index (κ3) is 12.7. The van der Waals surface area contributed by atoms with Gasteiger partial charge in [-0.25, -0.2) is 0 Å². The van der Waals surface area contributed by atoms with Crippen LogP contribution in [-0.4, -0.2) is 130 Å². The minimum absolute atomic E-state index is 0.352. The zero-order valence-electron chi connectivity index (χ0n) is 12.2. The zero-order chi connectivity index (χ0) is 12.2. The molecule has 0 amide bonds. The lowest BCUT2D eigenvalue weighted by Crippen LogP contribution is -2.38. The Labute approximate surface area is 140 Å². The molecular formula is C2H34Si15. The van der Waals surface area contributed by atoms with E-state index in [-0.39, 0.29) is 0 Å². The maximum Gasteiger partial charge on any atom is 0.00242 e. The van der Waals surface area contributed by atoms with Crippen molar-refractivity contribution in [1.29, 1.82) is 0 Å². The molecule has 15 heteroatoms. The van der Waals surface area contributed by atoms with E-state index in [4.69, 9.17) is 0 Å². The fourth-order valence-corrected chi connectivity index (χ4v) is 454. The van der Waals surface area contributed by atoms with Gasteiger partial charge in [-0.1, -0.05) is 11.3 Å². The van der Waals surface area contributed by atoms with E-state index in [0.717, 1.165) is 113 Å². The molecule has 0 radical (unpaired) electrons. The summed E-state index contributed by atoms with van der Waals surface area (Å²) < 4.78 is 0. The van der Waals surface area contributed by atoms with E-state index in [1.807, 2.05) is 11.3 Å². The first kappa shape index (κ1) is 18.3. The lowest BCUT2D eigenvalue weighted by Gasteiger charge is -2.01. The van der Waals surface area contributed by atoms with Crippen molar-refractivity contribution in [1.82, 2.24) is 0 Å². The molecule has 1 atom stereocenters. The van der Waals surface area contributed by atoms with Gasteiger partial charge in [-0.3, -0.25) is 0 Å². The average Bonchev–Trinajstić information content (AvgIpc) is 3.07. The molecule has 0 saturated carbocycles. The summed E-state index contributed by atoms with van der Waals surface area (Å²) in [5, 5.41) is 0. The summed E-state index contributed by atoms with van der Waals surface area (Å²) in [6, 6.07) is 0. The molecule has 3 aliphatic rings. The first-order valence-corrected chi connectivity index (χ1v) is 64.1. The predicted octanol–water partition coefficient (Wildman–Crippen LogP) is -12.8. The van der Waals surface area contributed by atoms with Crippen molar-refractivity contribution < 1.29 is 0 Å². The van der Waals surface area contributed by atoms with Crippen LogP contribution >= 0.6 is 0 Å². The Balaban J connectivity index is 0.000000128. The van der Waals surface area contributed by atoms with E-state index in [9.17, 15) is 0 Å². The molecule has 0 aliphatic carbocycles. The molecular weight excluding hydrogens is 445 g/mol. The smallest absolute Gasteiger partial charge is 0.00242 e. The molecule has 0 aromatic heterocycles. The van der Waals surface area contributed by atoms with Gasteiger partial charge >= 0.3 is 0 Å². The number of hydrogen-bond acceptors (Lipinski definition) is 0. The standard InChI is InChI=1S/CH12Si5.CH10Si4.H12Si6/c2-6-1-3-4-5-6;1-2-4-5-3-1;1-2-4-6-5-3-1/h6H,1,3-5H2,2H3;1-5H2;1-6H2. The Bertz CT molecular complexity index is 126. The Hall–Kier alpha value is 3.25. The molecule has 102 valence electrons. The summed E-state index contributed by atoms with van der Waals surface area (Å²) in [6.45, 7) is 0. The molecule has 3 heterocycles. The second-order valence-electron chi connectivity index (χ2n) is 6.28. The highest BCUT2D eigenvalue weighted by atomic mass is 30.1. The van der Waals surface area contributed by atoms with E-state index in [1.165, 1.54) is 0 Å². The number of rotatable bonds is 0. The van der Waals surface area contributed by atoms with Crippen molar-refractivity contribution in [2.45, 2.75) is 11.3 Å². The van der Waals surface area contributed by atoms with Gasteiger partial charge in [0.1, 0.15) is 0 Å². The van der Waals surface area contributed by atoms with Crippen molar-refractivity contribution in [3.8, 4) is 0 Å². The maximum atomic E-state index is 1.95. The first-order chi connectivity index (χ1) is 8.39. The highest BCUT2D eigenvalue weighted by Gasteiger charge is 2.10. The third-order valence-electron chi connectivity index (χ3n) is 4.39. The van der Waals surface area contributed by atoms with E-state index in [2.05, 4.69) is 0 Å². The Morgan fingerprint density at radius 3 is 1.35 bits per heavy atom. The van der Waals surface area contributed by atoms with Crippen molar-refractivity contribution in [3.63, 3.8) is 0 Å². The van der Waals surface area contributed by atoms with Gasteiger partial charge in [0.2, 0.25) is 0 Å². The maximum absolute atomic E-state index is 1.95. The summed E-state index contributed by atoms with van der Waals surface area (Å²) in [6.07, 6.45) is 0. The van der Waals surface area contributed by atoms with E-state index < -0.39 is 0 Å². The second-order valence-corrected chi connectivity index (χ2v) is 126. The van der Waals surface area contributed by atoms with Crippen LogP contribution in [0.3, 0.4) is 0 Å². The van der Waals surface area contributed by atoms with E-state index in [1.54, 1.807) is 9.76 Å². The molecule has 0 N–H and O–H groups in total. The summed E-state index contributed by atoms with van der Waals surface area (Å²) in [7, 11) is 13.6. The summed E-state index contributed by atoms with van der Waals surface area (Å²) >= 11 is 0. The normalized spacial score (nSPS) is 46.2. The molecule has 0 nitrogen and oxygen atoms in total. The molecule has 3 fully saturated rings. The topological polar surface area (TPSA) is 0 Å². The summed E-state index contributed by atoms with van der Waals surface area (Å²) in [4.78, 5) is 0. The monoisotopic (exact) mass is 478 g/mol. The largest absolute Gasteiger partial charge is 0.0771 e. The van der Waals surface area contributed by atoms with Crippen LogP contribution in [0.2, 0.25) is 11.3 Å². The van der Waals surface area contributed by atoms with Crippen LogP contribution in [0.15, 0.2) is 0 Å². The van der Waals surface area contributed by atoms with Crippen molar-refractivity contribution in [2.75, 3.05) is 0 Å². The molecule has 17 heavy (non-hydrogen) atoms. The highest BCUT2D eigenvalue weighted by molar-refractivity contribution is 7.76. The van der Waals surface area contributed by atoms with Crippen LogP contribution in [0, 0.1) is 0 Å². The van der Waals surface area contributed by atoms with E-state index in [0.29, 0.717) is 7.83 Å². The van der Waals surface area contributed by atoms with Gasteiger partial charge in [0.25, 0.3) is 0 Å². The van der Waals surface area contributed by atoms with Crippen molar-refractivity contribution >= 4 is 130 Å². The lowest BCUT2D eigenvalue weighted by molar-refractivity contribution is 2.09. The number of hydrogen-bond donors (Lipinski definition) is 0. The molecule has 0 aromatic rings. The van der Waals surface area contributed by atoms with Crippen LogP contribution in [0.25, 0.3) is 0 Å². The third-order valence-corrected chi connectivity index (χ3v) is 240. The fraction of sp³-hybridized carbons (Fsp3) is 1.00. The van der Waals surface area contributed by atoms with Crippen LogP contribution in [0.1, 0.15) is 0 Å². The van der Waals surface area contributed by atoms with Gasteiger partial charge < -0.3 is 0 Å². The Kier molecular flexibility index (Phi) is 15.3. The Morgan fingerprint density at radius 2 is 1.18 bits per heavy atom. The molecule has 3 saturated heterocycles.